The molecule has 0 radical (unpaired) electrons. The van der Waals surface area contributed by atoms with Crippen LogP contribution in [0.3, 0.4) is 0 Å². The summed E-state index contributed by atoms with van der Waals surface area (Å²) < 4.78 is 9.75. The SMILES string of the molecule is COC(=O)COc1cccc(CNC(=O)C(C)CN)c1. The van der Waals surface area contributed by atoms with Gasteiger partial charge in [0, 0.05) is 19.0 Å². The third-order valence-corrected chi connectivity index (χ3v) is 2.75. The maximum atomic E-state index is 11.6. The summed E-state index contributed by atoms with van der Waals surface area (Å²) in [6.07, 6.45) is 0. The summed E-state index contributed by atoms with van der Waals surface area (Å²) in [6, 6.07) is 7.14. The molecule has 0 heterocycles. The Bertz CT molecular complexity index is 462. The summed E-state index contributed by atoms with van der Waals surface area (Å²) >= 11 is 0. The number of carbonyl (C=O) groups is 2. The molecule has 0 aliphatic carbocycles. The average molecular weight is 280 g/mol. The molecule has 6 heteroatoms. The van der Waals surface area contributed by atoms with Crippen LogP contribution < -0.4 is 15.8 Å². The maximum Gasteiger partial charge on any atom is 0.343 e. The summed E-state index contributed by atoms with van der Waals surface area (Å²) in [4.78, 5) is 22.6. The van der Waals surface area contributed by atoms with Crippen molar-refractivity contribution in [1.29, 1.82) is 0 Å². The van der Waals surface area contributed by atoms with Crippen molar-refractivity contribution in [1.82, 2.24) is 5.32 Å². The molecule has 0 bridgehead atoms. The lowest BCUT2D eigenvalue weighted by molar-refractivity contribution is -0.142. The Hall–Kier alpha value is -2.08. The highest BCUT2D eigenvalue weighted by molar-refractivity contribution is 5.78. The van der Waals surface area contributed by atoms with E-state index in [-0.39, 0.29) is 18.4 Å². The lowest BCUT2D eigenvalue weighted by Gasteiger charge is -2.11. The highest BCUT2D eigenvalue weighted by atomic mass is 16.6. The molecule has 0 aromatic heterocycles. The molecule has 1 atom stereocenters. The Morgan fingerprint density at radius 2 is 2.15 bits per heavy atom. The van der Waals surface area contributed by atoms with Crippen molar-refractivity contribution in [3.63, 3.8) is 0 Å². The molecule has 1 unspecified atom stereocenters. The van der Waals surface area contributed by atoms with Gasteiger partial charge in [0.2, 0.25) is 5.91 Å². The van der Waals surface area contributed by atoms with E-state index in [1.807, 2.05) is 6.07 Å². The van der Waals surface area contributed by atoms with E-state index >= 15 is 0 Å². The average Bonchev–Trinajstić information content (AvgIpc) is 2.49. The second kappa shape index (κ2) is 8.16. The molecule has 0 aliphatic rings. The summed E-state index contributed by atoms with van der Waals surface area (Å²) in [5, 5.41) is 2.79. The molecule has 6 nitrogen and oxygen atoms in total. The van der Waals surface area contributed by atoms with Gasteiger partial charge in [-0.25, -0.2) is 4.79 Å². The van der Waals surface area contributed by atoms with Crippen LogP contribution in [0.25, 0.3) is 0 Å². The van der Waals surface area contributed by atoms with E-state index < -0.39 is 5.97 Å². The molecule has 0 spiro atoms. The molecule has 20 heavy (non-hydrogen) atoms. The number of nitrogens with two attached hydrogens (primary N) is 1. The largest absolute Gasteiger partial charge is 0.482 e. The van der Waals surface area contributed by atoms with Crippen LogP contribution in [0, 0.1) is 5.92 Å². The lowest BCUT2D eigenvalue weighted by Crippen LogP contribution is -2.32. The van der Waals surface area contributed by atoms with Gasteiger partial charge in [-0.3, -0.25) is 4.79 Å². The predicted molar refractivity (Wildman–Crippen MR) is 74.0 cm³/mol. The van der Waals surface area contributed by atoms with Crippen LogP contribution in [0.5, 0.6) is 5.75 Å². The van der Waals surface area contributed by atoms with Crippen molar-refractivity contribution in [3.05, 3.63) is 29.8 Å². The van der Waals surface area contributed by atoms with E-state index in [1.165, 1.54) is 7.11 Å². The van der Waals surface area contributed by atoms with E-state index in [0.717, 1.165) is 5.56 Å². The predicted octanol–water partition coefficient (Wildman–Crippen LogP) is 0.449. The van der Waals surface area contributed by atoms with Gasteiger partial charge in [-0.1, -0.05) is 19.1 Å². The smallest absolute Gasteiger partial charge is 0.343 e. The molecule has 110 valence electrons. The maximum absolute atomic E-state index is 11.6. The first kappa shape index (κ1) is 16.0. The normalized spacial score (nSPS) is 11.6. The number of nitrogens with one attached hydrogen (secondary N) is 1. The molecule has 0 fully saturated rings. The lowest BCUT2D eigenvalue weighted by atomic mass is 10.1. The first-order chi connectivity index (χ1) is 9.56. The van der Waals surface area contributed by atoms with Crippen LogP contribution in [-0.4, -0.2) is 32.1 Å². The zero-order valence-corrected chi connectivity index (χ0v) is 11.7. The number of carbonyl (C=O) groups excluding carboxylic acids is 2. The molecular formula is C14H20N2O4. The van der Waals surface area contributed by atoms with Crippen molar-refractivity contribution in [2.75, 3.05) is 20.3 Å². The van der Waals surface area contributed by atoms with Crippen molar-refractivity contribution < 1.29 is 19.1 Å². The minimum Gasteiger partial charge on any atom is -0.482 e. The Morgan fingerprint density at radius 3 is 2.80 bits per heavy atom. The fourth-order valence-electron chi connectivity index (χ4n) is 1.42. The van der Waals surface area contributed by atoms with Crippen LogP contribution in [0.1, 0.15) is 12.5 Å². The number of amides is 1. The number of methoxy groups -OCH3 is 1. The van der Waals surface area contributed by atoms with Crippen molar-refractivity contribution in [2.24, 2.45) is 11.7 Å². The number of hydrogen-bond donors (Lipinski definition) is 2. The monoisotopic (exact) mass is 280 g/mol. The molecule has 0 saturated heterocycles. The fourth-order valence-corrected chi connectivity index (χ4v) is 1.42. The van der Waals surface area contributed by atoms with Gasteiger partial charge in [-0.2, -0.15) is 0 Å². The molecule has 1 amide bonds. The topological polar surface area (TPSA) is 90.6 Å². The van der Waals surface area contributed by atoms with Crippen molar-refractivity contribution >= 4 is 11.9 Å². The molecule has 0 aliphatic heterocycles. The van der Waals surface area contributed by atoms with Crippen molar-refractivity contribution in [2.45, 2.75) is 13.5 Å². The van der Waals surface area contributed by atoms with Gasteiger partial charge in [-0.15, -0.1) is 0 Å². The Balaban J connectivity index is 2.51. The Kier molecular flexibility index (Phi) is 6.52. The van der Waals surface area contributed by atoms with E-state index in [4.69, 9.17) is 10.5 Å². The zero-order valence-electron chi connectivity index (χ0n) is 11.7. The van der Waals surface area contributed by atoms with E-state index in [0.29, 0.717) is 18.8 Å². The third kappa shape index (κ3) is 5.27. The van der Waals surface area contributed by atoms with Gasteiger partial charge in [0.1, 0.15) is 5.75 Å². The molecule has 0 saturated carbocycles. The highest BCUT2D eigenvalue weighted by Gasteiger charge is 2.10. The summed E-state index contributed by atoms with van der Waals surface area (Å²) in [5.41, 5.74) is 6.30. The van der Waals surface area contributed by atoms with Crippen molar-refractivity contribution in [3.8, 4) is 5.75 Å². The molecule has 1 rings (SSSR count). The number of esters is 1. The number of benzene rings is 1. The second-order valence-electron chi connectivity index (χ2n) is 4.37. The quantitative estimate of drug-likeness (QED) is 0.708. The first-order valence-corrected chi connectivity index (χ1v) is 6.33. The number of rotatable bonds is 7. The van der Waals surface area contributed by atoms with Gasteiger partial charge in [0.15, 0.2) is 6.61 Å². The third-order valence-electron chi connectivity index (χ3n) is 2.75. The fraction of sp³-hybridized carbons (Fsp3) is 0.429. The molecule has 3 N–H and O–H groups in total. The van der Waals surface area contributed by atoms with Gasteiger partial charge >= 0.3 is 5.97 Å². The van der Waals surface area contributed by atoms with Crippen LogP contribution >= 0.6 is 0 Å². The zero-order chi connectivity index (χ0) is 15.0. The molecule has 1 aromatic carbocycles. The number of hydrogen-bond acceptors (Lipinski definition) is 5. The van der Waals surface area contributed by atoms with Crippen LogP contribution in [-0.2, 0) is 20.9 Å². The molecule has 1 aromatic rings. The van der Waals surface area contributed by atoms with Crippen LogP contribution in [0.2, 0.25) is 0 Å². The van der Waals surface area contributed by atoms with Gasteiger partial charge < -0.3 is 20.5 Å². The van der Waals surface area contributed by atoms with E-state index in [9.17, 15) is 9.59 Å². The minimum absolute atomic E-state index is 0.0895. The van der Waals surface area contributed by atoms with Gasteiger partial charge in [0.25, 0.3) is 0 Å². The summed E-state index contributed by atoms with van der Waals surface area (Å²) in [5.74, 6) is -0.198. The number of ether oxygens (including phenoxy) is 2. The van der Waals surface area contributed by atoms with Gasteiger partial charge in [0.05, 0.1) is 7.11 Å². The first-order valence-electron chi connectivity index (χ1n) is 6.33. The summed E-state index contributed by atoms with van der Waals surface area (Å²) in [7, 11) is 1.30. The second-order valence-corrected chi connectivity index (χ2v) is 4.37. The van der Waals surface area contributed by atoms with Crippen LogP contribution in [0.4, 0.5) is 0 Å². The standard InChI is InChI=1S/C14H20N2O4/c1-10(7-15)14(18)16-8-11-4-3-5-12(6-11)20-9-13(17)19-2/h3-6,10H,7-9,15H2,1-2H3,(H,16,18). The van der Waals surface area contributed by atoms with Gasteiger partial charge in [-0.05, 0) is 17.7 Å². The Labute approximate surface area is 118 Å². The molecular weight excluding hydrogens is 260 g/mol. The highest BCUT2D eigenvalue weighted by Crippen LogP contribution is 2.13. The van der Waals surface area contributed by atoms with Crippen LogP contribution in [0.15, 0.2) is 24.3 Å². The van der Waals surface area contributed by atoms with E-state index in [2.05, 4.69) is 10.1 Å². The Morgan fingerprint density at radius 1 is 1.40 bits per heavy atom. The minimum atomic E-state index is -0.444. The van der Waals surface area contributed by atoms with E-state index in [1.54, 1.807) is 25.1 Å². The summed E-state index contributed by atoms with van der Waals surface area (Å²) in [6.45, 7) is 2.33.